The fourth-order valence-corrected chi connectivity index (χ4v) is 8.87. The molecule has 6 nitrogen and oxygen atoms in total. The van der Waals surface area contributed by atoms with Crippen molar-refractivity contribution in [2.45, 2.75) is 330 Å². The Morgan fingerprint density at radius 2 is 0.516 bits per heavy atom. The van der Waals surface area contributed by atoms with Crippen LogP contribution in [0.1, 0.15) is 324 Å². The number of hydrogen-bond donors (Lipinski definition) is 0. The number of carbonyl (C=O) groups excluding carboxylic acids is 3. The molecule has 0 saturated heterocycles. The molecule has 64 heavy (non-hydrogen) atoms. The van der Waals surface area contributed by atoms with E-state index in [0.29, 0.717) is 19.3 Å². The second kappa shape index (κ2) is 50.8. The van der Waals surface area contributed by atoms with Gasteiger partial charge in [-0.2, -0.15) is 0 Å². The second-order valence-electron chi connectivity index (χ2n) is 20.9. The predicted molar refractivity (Wildman–Crippen MR) is 275 cm³/mol. The minimum absolute atomic E-state index is 0.0626. The molecule has 0 aliphatic rings. The molecular formula is C58H112O6. The Labute approximate surface area is 399 Å². The van der Waals surface area contributed by atoms with E-state index in [0.717, 1.165) is 69.6 Å². The van der Waals surface area contributed by atoms with Crippen molar-refractivity contribution in [1.29, 1.82) is 0 Å². The summed E-state index contributed by atoms with van der Waals surface area (Å²) < 4.78 is 16.9. The lowest BCUT2D eigenvalue weighted by Gasteiger charge is -2.18. The maximum absolute atomic E-state index is 12.8. The normalized spacial score (nSPS) is 12.0. The van der Waals surface area contributed by atoms with Crippen LogP contribution in [0.25, 0.3) is 0 Å². The summed E-state index contributed by atoms with van der Waals surface area (Å²) in [6.07, 6.45) is 53.8. The summed E-state index contributed by atoms with van der Waals surface area (Å²) in [6.45, 7) is 11.4. The SMILES string of the molecule is CCCCCCCCCCCCCC(=O)OC[C@@H](COC(=O)CCCCCCCCCCCCCCCCCCC(C)C)OC(=O)CCCCCCCCCCCCCCCC(C)C. The summed E-state index contributed by atoms with van der Waals surface area (Å²) in [4.78, 5) is 38.1. The second-order valence-corrected chi connectivity index (χ2v) is 20.9. The fraction of sp³-hybridized carbons (Fsp3) is 0.948. The van der Waals surface area contributed by atoms with Crippen molar-refractivity contribution < 1.29 is 28.6 Å². The first-order valence-corrected chi connectivity index (χ1v) is 28.7. The van der Waals surface area contributed by atoms with Crippen molar-refractivity contribution in [3.05, 3.63) is 0 Å². The van der Waals surface area contributed by atoms with E-state index in [1.165, 1.54) is 212 Å². The van der Waals surface area contributed by atoms with Crippen LogP contribution in [0, 0.1) is 11.8 Å². The van der Waals surface area contributed by atoms with Gasteiger partial charge < -0.3 is 14.2 Å². The van der Waals surface area contributed by atoms with E-state index in [1.54, 1.807) is 0 Å². The van der Waals surface area contributed by atoms with Gasteiger partial charge in [-0.1, -0.05) is 285 Å². The molecule has 6 heteroatoms. The minimum Gasteiger partial charge on any atom is -0.462 e. The molecular weight excluding hydrogens is 793 g/mol. The molecule has 0 aliphatic carbocycles. The lowest BCUT2D eigenvalue weighted by atomic mass is 10.0. The third-order valence-electron chi connectivity index (χ3n) is 13.2. The quantitative estimate of drug-likeness (QED) is 0.0344. The highest BCUT2D eigenvalue weighted by Gasteiger charge is 2.19. The van der Waals surface area contributed by atoms with E-state index in [4.69, 9.17) is 14.2 Å². The smallest absolute Gasteiger partial charge is 0.306 e. The molecule has 0 aliphatic heterocycles. The highest BCUT2D eigenvalue weighted by molar-refractivity contribution is 5.71. The Bertz CT molecular complexity index is 978. The molecule has 0 spiro atoms. The molecule has 0 radical (unpaired) electrons. The maximum Gasteiger partial charge on any atom is 0.306 e. The highest BCUT2D eigenvalue weighted by Crippen LogP contribution is 2.18. The van der Waals surface area contributed by atoms with E-state index in [1.807, 2.05) is 0 Å². The van der Waals surface area contributed by atoms with Gasteiger partial charge in [0.25, 0.3) is 0 Å². The van der Waals surface area contributed by atoms with Gasteiger partial charge >= 0.3 is 17.9 Å². The van der Waals surface area contributed by atoms with Crippen LogP contribution in [0.2, 0.25) is 0 Å². The largest absolute Gasteiger partial charge is 0.462 e. The van der Waals surface area contributed by atoms with Gasteiger partial charge in [-0.05, 0) is 31.1 Å². The molecule has 0 unspecified atom stereocenters. The van der Waals surface area contributed by atoms with E-state index in [2.05, 4.69) is 34.6 Å². The average Bonchev–Trinajstić information content (AvgIpc) is 3.27. The van der Waals surface area contributed by atoms with Crippen molar-refractivity contribution in [3.63, 3.8) is 0 Å². The zero-order chi connectivity index (χ0) is 46.8. The molecule has 0 saturated carbocycles. The zero-order valence-corrected chi connectivity index (χ0v) is 43.9. The first-order valence-electron chi connectivity index (χ1n) is 28.7. The Balaban J connectivity index is 4.25. The third-order valence-corrected chi connectivity index (χ3v) is 13.2. The third kappa shape index (κ3) is 51.4. The summed E-state index contributed by atoms with van der Waals surface area (Å²) in [5, 5.41) is 0. The molecule has 0 rings (SSSR count). The molecule has 0 aromatic rings. The van der Waals surface area contributed by atoms with Gasteiger partial charge in [0.1, 0.15) is 13.2 Å². The van der Waals surface area contributed by atoms with Crippen molar-refractivity contribution in [2.24, 2.45) is 11.8 Å². The van der Waals surface area contributed by atoms with E-state index >= 15 is 0 Å². The monoisotopic (exact) mass is 905 g/mol. The lowest BCUT2D eigenvalue weighted by molar-refractivity contribution is -0.167. The molecule has 0 fully saturated rings. The van der Waals surface area contributed by atoms with Crippen LogP contribution in [0.3, 0.4) is 0 Å². The van der Waals surface area contributed by atoms with Gasteiger partial charge in [0.05, 0.1) is 0 Å². The van der Waals surface area contributed by atoms with Crippen LogP contribution >= 0.6 is 0 Å². The van der Waals surface area contributed by atoms with Crippen molar-refractivity contribution >= 4 is 17.9 Å². The zero-order valence-electron chi connectivity index (χ0n) is 43.9. The molecule has 0 N–H and O–H groups in total. The molecule has 1 atom stereocenters. The summed E-state index contributed by atoms with van der Waals surface area (Å²) >= 11 is 0. The number of ether oxygens (including phenoxy) is 3. The summed E-state index contributed by atoms with van der Waals surface area (Å²) in [6, 6.07) is 0. The molecule has 0 amide bonds. The number of esters is 3. The Kier molecular flexibility index (Phi) is 49.6. The van der Waals surface area contributed by atoms with E-state index in [9.17, 15) is 14.4 Å². The topological polar surface area (TPSA) is 78.9 Å². The van der Waals surface area contributed by atoms with Gasteiger partial charge in [0.2, 0.25) is 0 Å². The van der Waals surface area contributed by atoms with Crippen LogP contribution in [-0.2, 0) is 28.6 Å². The minimum atomic E-state index is -0.762. The number of rotatable bonds is 52. The van der Waals surface area contributed by atoms with Crippen LogP contribution < -0.4 is 0 Å². The standard InChI is InChI=1S/C58H112O6/c1-6-7-8-9-10-11-21-28-33-38-43-48-56(59)62-51-55(64-58(61)50-45-40-35-30-25-20-16-18-23-27-32-37-42-47-54(4)5)52-63-57(60)49-44-39-34-29-24-19-15-13-12-14-17-22-26-31-36-41-46-53(2)3/h53-55H,6-52H2,1-5H3/t55-/m0/s1. The first kappa shape index (κ1) is 62.4. The Hall–Kier alpha value is -1.59. The van der Waals surface area contributed by atoms with Gasteiger partial charge in [-0.15, -0.1) is 0 Å². The summed E-state index contributed by atoms with van der Waals surface area (Å²) in [7, 11) is 0. The van der Waals surface area contributed by atoms with Crippen LogP contribution in [0.5, 0.6) is 0 Å². The maximum atomic E-state index is 12.8. The summed E-state index contributed by atoms with van der Waals surface area (Å²) in [5.41, 5.74) is 0. The number of hydrogen-bond acceptors (Lipinski definition) is 6. The van der Waals surface area contributed by atoms with E-state index in [-0.39, 0.29) is 31.1 Å². The molecule has 380 valence electrons. The van der Waals surface area contributed by atoms with Crippen LogP contribution in [0.15, 0.2) is 0 Å². The molecule has 0 aromatic carbocycles. The van der Waals surface area contributed by atoms with Crippen molar-refractivity contribution in [2.75, 3.05) is 13.2 Å². The molecule has 0 aromatic heterocycles. The van der Waals surface area contributed by atoms with Gasteiger partial charge in [0.15, 0.2) is 6.10 Å². The Morgan fingerprint density at radius 1 is 0.297 bits per heavy atom. The predicted octanol–water partition coefficient (Wildman–Crippen LogP) is 18.9. The van der Waals surface area contributed by atoms with Gasteiger partial charge in [0, 0.05) is 19.3 Å². The van der Waals surface area contributed by atoms with Crippen molar-refractivity contribution in [3.8, 4) is 0 Å². The van der Waals surface area contributed by atoms with Crippen LogP contribution in [0.4, 0.5) is 0 Å². The highest BCUT2D eigenvalue weighted by atomic mass is 16.6. The summed E-state index contributed by atoms with van der Waals surface area (Å²) in [5.74, 6) is 0.851. The fourth-order valence-electron chi connectivity index (χ4n) is 8.87. The molecule has 0 bridgehead atoms. The Morgan fingerprint density at radius 3 is 0.766 bits per heavy atom. The van der Waals surface area contributed by atoms with Gasteiger partial charge in [-0.3, -0.25) is 14.4 Å². The molecule has 0 heterocycles. The number of carbonyl (C=O) groups is 3. The lowest BCUT2D eigenvalue weighted by Crippen LogP contribution is -2.30. The van der Waals surface area contributed by atoms with Crippen molar-refractivity contribution in [1.82, 2.24) is 0 Å². The average molecular weight is 906 g/mol. The van der Waals surface area contributed by atoms with Crippen LogP contribution in [-0.4, -0.2) is 37.2 Å². The van der Waals surface area contributed by atoms with Gasteiger partial charge in [-0.25, -0.2) is 0 Å². The first-order chi connectivity index (χ1) is 31.2. The number of unbranched alkanes of at least 4 members (excludes halogenated alkanes) is 37. The van der Waals surface area contributed by atoms with E-state index < -0.39 is 6.10 Å².